The number of methoxy groups -OCH3 is 1. The number of nitrogens with zero attached hydrogens (tertiary/aromatic N) is 1. The van der Waals surface area contributed by atoms with E-state index < -0.39 is 5.97 Å². The maximum absolute atomic E-state index is 11.3. The van der Waals surface area contributed by atoms with Crippen molar-refractivity contribution in [2.75, 3.05) is 7.11 Å². The van der Waals surface area contributed by atoms with E-state index in [1.807, 2.05) is 18.2 Å². The first-order valence-corrected chi connectivity index (χ1v) is 5.20. The lowest BCUT2D eigenvalue weighted by Gasteiger charge is -2.04. The fraction of sp³-hybridized carbons (Fsp3) is 0.333. The number of carbonyl (C=O) groups excluding carboxylic acids is 1. The van der Waals surface area contributed by atoms with Crippen molar-refractivity contribution < 1.29 is 9.53 Å². The van der Waals surface area contributed by atoms with Gasteiger partial charge in [0.1, 0.15) is 0 Å². The Kier molecular flexibility index (Phi) is 2.64. The van der Waals surface area contributed by atoms with Crippen LogP contribution < -0.4 is 0 Å². The minimum absolute atomic E-state index is 0.255. The molecule has 4 nitrogen and oxygen atoms in total. The van der Waals surface area contributed by atoms with E-state index in [-0.39, 0.29) is 5.82 Å². The van der Waals surface area contributed by atoms with Crippen LogP contribution in [0.15, 0.2) is 18.2 Å². The molecule has 0 saturated heterocycles. The number of ether oxygens (including phenoxy) is 1. The van der Waals surface area contributed by atoms with Gasteiger partial charge in [0, 0.05) is 0 Å². The first-order valence-electron chi connectivity index (χ1n) is 5.20. The summed E-state index contributed by atoms with van der Waals surface area (Å²) in [6.45, 7) is 4.20. The van der Waals surface area contributed by atoms with Crippen molar-refractivity contribution in [2.24, 2.45) is 0 Å². The summed E-state index contributed by atoms with van der Waals surface area (Å²) < 4.78 is 4.63. The summed E-state index contributed by atoms with van der Waals surface area (Å²) in [4.78, 5) is 18.6. The van der Waals surface area contributed by atoms with Crippen LogP contribution in [-0.4, -0.2) is 23.0 Å². The van der Waals surface area contributed by atoms with Crippen LogP contribution in [0.5, 0.6) is 0 Å². The lowest BCUT2D eigenvalue weighted by atomic mass is 10.0. The highest BCUT2D eigenvalue weighted by molar-refractivity contribution is 5.91. The topological polar surface area (TPSA) is 55.0 Å². The molecule has 1 aromatic carbocycles. The number of para-hydroxylation sites is 1. The molecule has 1 aromatic heterocycles. The number of esters is 1. The van der Waals surface area contributed by atoms with E-state index >= 15 is 0 Å². The maximum Gasteiger partial charge on any atom is 0.374 e. The van der Waals surface area contributed by atoms with Crippen LogP contribution in [0.25, 0.3) is 11.0 Å². The van der Waals surface area contributed by atoms with Crippen LogP contribution in [0, 0.1) is 0 Å². The average Bonchev–Trinajstić information content (AvgIpc) is 2.70. The number of rotatable bonds is 2. The van der Waals surface area contributed by atoms with Gasteiger partial charge >= 0.3 is 5.97 Å². The molecule has 0 saturated carbocycles. The quantitative estimate of drug-likeness (QED) is 0.788. The van der Waals surface area contributed by atoms with E-state index in [0.29, 0.717) is 5.92 Å². The van der Waals surface area contributed by atoms with E-state index in [9.17, 15) is 4.79 Å². The van der Waals surface area contributed by atoms with Gasteiger partial charge < -0.3 is 9.72 Å². The number of H-pyrrole nitrogens is 1. The Balaban J connectivity index is 2.61. The summed E-state index contributed by atoms with van der Waals surface area (Å²) >= 11 is 0. The summed E-state index contributed by atoms with van der Waals surface area (Å²) in [5.41, 5.74) is 2.84. The normalized spacial score (nSPS) is 11.0. The average molecular weight is 218 g/mol. The summed E-state index contributed by atoms with van der Waals surface area (Å²) in [5, 5.41) is 0. The van der Waals surface area contributed by atoms with Gasteiger partial charge in [0.2, 0.25) is 5.82 Å². The Hall–Kier alpha value is -1.84. The second-order valence-corrected chi connectivity index (χ2v) is 3.98. The minimum atomic E-state index is -0.439. The van der Waals surface area contributed by atoms with E-state index in [4.69, 9.17) is 0 Å². The molecule has 84 valence electrons. The van der Waals surface area contributed by atoms with Gasteiger partial charge in [0.15, 0.2) is 0 Å². The minimum Gasteiger partial charge on any atom is -0.463 e. The molecule has 0 aliphatic heterocycles. The highest BCUT2D eigenvalue weighted by Crippen LogP contribution is 2.23. The molecule has 16 heavy (non-hydrogen) atoms. The molecular formula is C12H14N2O2. The van der Waals surface area contributed by atoms with Crippen LogP contribution in [0.3, 0.4) is 0 Å². The van der Waals surface area contributed by atoms with Crippen LogP contribution >= 0.6 is 0 Å². The van der Waals surface area contributed by atoms with Gasteiger partial charge in [0.25, 0.3) is 0 Å². The van der Waals surface area contributed by atoms with Crippen molar-refractivity contribution in [1.82, 2.24) is 9.97 Å². The molecule has 2 rings (SSSR count). The maximum atomic E-state index is 11.3. The van der Waals surface area contributed by atoms with Gasteiger partial charge in [0.05, 0.1) is 18.1 Å². The Morgan fingerprint density at radius 1 is 1.44 bits per heavy atom. The van der Waals surface area contributed by atoms with E-state index in [1.54, 1.807) is 0 Å². The largest absolute Gasteiger partial charge is 0.463 e. The Labute approximate surface area is 93.6 Å². The fourth-order valence-electron chi connectivity index (χ4n) is 1.71. The number of hydrogen-bond donors (Lipinski definition) is 1. The number of fused-ring (bicyclic) bond motifs is 1. The van der Waals surface area contributed by atoms with Crippen molar-refractivity contribution >= 4 is 17.0 Å². The third kappa shape index (κ3) is 1.66. The molecule has 1 N–H and O–H groups in total. The van der Waals surface area contributed by atoms with Crippen molar-refractivity contribution in [3.05, 3.63) is 29.6 Å². The molecule has 1 heterocycles. The summed E-state index contributed by atoms with van der Waals surface area (Å²) in [6.07, 6.45) is 0. The van der Waals surface area contributed by atoms with Crippen molar-refractivity contribution in [2.45, 2.75) is 19.8 Å². The molecular weight excluding hydrogens is 204 g/mol. The second-order valence-electron chi connectivity index (χ2n) is 3.98. The highest BCUT2D eigenvalue weighted by Gasteiger charge is 2.14. The van der Waals surface area contributed by atoms with Gasteiger partial charge in [-0.25, -0.2) is 9.78 Å². The van der Waals surface area contributed by atoms with E-state index in [1.165, 1.54) is 7.11 Å². The Morgan fingerprint density at radius 3 is 2.81 bits per heavy atom. The monoisotopic (exact) mass is 218 g/mol. The van der Waals surface area contributed by atoms with Crippen LogP contribution in [0.1, 0.15) is 35.9 Å². The summed E-state index contributed by atoms with van der Waals surface area (Å²) in [6, 6.07) is 5.88. The molecule has 2 aromatic rings. The highest BCUT2D eigenvalue weighted by atomic mass is 16.5. The molecule has 0 unspecified atom stereocenters. The number of imidazole rings is 1. The zero-order valence-corrected chi connectivity index (χ0v) is 9.57. The smallest absolute Gasteiger partial charge is 0.374 e. The molecule has 4 heteroatoms. The molecule has 0 amide bonds. The van der Waals surface area contributed by atoms with Crippen molar-refractivity contribution in [3.63, 3.8) is 0 Å². The van der Waals surface area contributed by atoms with Gasteiger partial charge in [-0.05, 0) is 17.5 Å². The molecule has 0 bridgehead atoms. The molecule has 0 aliphatic rings. The van der Waals surface area contributed by atoms with Crippen LogP contribution in [-0.2, 0) is 4.74 Å². The first kappa shape index (κ1) is 10.7. The number of aromatic nitrogens is 2. The van der Waals surface area contributed by atoms with Crippen LogP contribution in [0.2, 0.25) is 0 Å². The lowest BCUT2D eigenvalue weighted by Crippen LogP contribution is -2.03. The Bertz CT molecular complexity index is 529. The molecule has 0 radical (unpaired) electrons. The van der Waals surface area contributed by atoms with Gasteiger partial charge in [-0.1, -0.05) is 26.0 Å². The first-order chi connectivity index (χ1) is 7.63. The standard InChI is InChI=1S/C12H14N2O2/c1-7(2)8-5-4-6-9-10(8)14-11(13-9)12(15)16-3/h4-7H,1-3H3,(H,13,14). The number of hydrogen-bond acceptors (Lipinski definition) is 3. The Morgan fingerprint density at radius 2 is 2.19 bits per heavy atom. The van der Waals surface area contributed by atoms with Crippen LogP contribution in [0.4, 0.5) is 0 Å². The predicted octanol–water partition coefficient (Wildman–Crippen LogP) is 2.47. The fourth-order valence-corrected chi connectivity index (χ4v) is 1.71. The van der Waals surface area contributed by atoms with Crippen molar-refractivity contribution in [1.29, 1.82) is 0 Å². The SMILES string of the molecule is COC(=O)c1nc2c(C(C)C)cccc2[nH]1. The second kappa shape index (κ2) is 3.96. The molecule has 0 spiro atoms. The zero-order chi connectivity index (χ0) is 11.7. The zero-order valence-electron chi connectivity index (χ0n) is 9.57. The van der Waals surface area contributed by atoms with E-state index in [0.717, 1.165) is 16.6 Å². The van der Waals surface area contributed by atoms with Gasteiger partial charge in [-0.3, -0.25) is 0 Å². The number of aromatic amines is 1. The van der Waals surface area contributed by atoms with E-state index in [2.05, 4.69) is 28.6 Å². The molecule has 0 atom stereocenters. The molecule has 0 aliphatic carbocycles. The number of carbonyl (C=O) groups is 1. The third-order valence-electron chi connectivity index (χ3n) is 2.54. The summed E-state index contributed by atoms with van der Waals surface area (Å²) in [7, 11) is 1.35. The lowest BCUT2D eigenvalue weighted by molar-refractivity contribution is 0.0588. The van der Waals surface area contributed by atoms with Gasteiger partial charge in [-0.2, -0.15) is 0 Å². The molecule has 0 fully saturated rings. The van der Waals surface area contributed by atoms with Gasteiger partial charge in [-0.15, -0.1) is 0 Å². The number of benzene rings is 1. The third-order valence-corrected chi connectivity index (χ3v) is 2.54. The number of nitrogens with one attached hydrogen (secondary N) is 1. The van der Waals surface area contributed by atoms with Crippen molar-refractivity contribution in [3.8, 4) is 0 Å². The summed E-state index contributed by atoms with van der Waals surface area (Å²) in [5.74, 6) is 0.189. The predicted molar refractivity (Wildman–Crippen MR) is 61.5 cm³/mol.